The zero-order valence-electron chi connectivity index (χ0n) is 12.5. The van der Waals surface area contributed by atoms with E-state index in [-0.39, 0.29) is 13.0 Å². The number of carboxylic acids is 1. The Bertz CT molecular complexity index is 652. The van der Waals surface area contributed by atoms with E-state index in [1.54, 1.807) is 6.92 Å². The highest BCUT2D eigenvalue weighted by Gasteiger charge is 2.24. The summed E-state index contributed by atoms with van der Waals surface area (Å²) < 4.78 is 44.4. The smallest absolute Gasteiger partial charge is 0.330 e. The van der Waals surface area contributed by atoms with Crippen LogP contribution in [0.3, 0.4) is 0 Å². The van der Waals surface area contributed by atoms with Gasteiger partial charge in [-0.25, -0.2) is 22.8 Å². The fraction of sp³-hybridized carbons (Fsp3) is 0.267. The molecule has 1 amide bonds. The van der Waals surface area contributed by atoms with Gasteiger partial charge in [0.15, 0.2) is 0 Å². The topological polar surface area (TPSA) is 92.7 Å². The molecule has 0 aromatic heterocycles. The van der Waals surface area contributed by atoms with Gasteiger partial charge in [0.2, 0.25) is 0 Å². The van der Waals surface area contributed by atoms with Crippen molar-refractivity contribution < 1.29 is 37.4 Å². The summed E-state index contributed by atoms with van der Waals surface area (Å²) in [5.74, 6) is -7.69. The lowest BCUT2D eigenvalue weighted by molar-refractivity contribution is -0.139. The Balaban J connectivity index is 2.84. The lowest BCUT2D eigenvalue weighted by Gasteiger charge is -2.13. The van der Waals surface area contributed by atoms with Crippen molar-refractivity contribution in [3.05, 3.63) is 47.3 Å². The number of nitrogens with one attached hydrogen (secondary N) is 1. The summed E-state index contributed by atoms with van der Waals surface area (Å²) in [5, 5.41) is 10.9. The molecule has 130 valence electrons. The Morgan fingerprint density at radius 2 is 1.83 bits per heavy atom. The van der Waals surface area contributed by atoms with Gasteiger partial charge in [-0.15, -0.1) is 0 Å². The molecule has 1 atom stereocenters. The van der Waals surface area contributed by atoms with Gasteiger partial charge in [0, 0.05) is 18.2 Å². The van der Waals surface area contributed by atoms with Crippen molar-refractivity contribution in [3.63, 3.8) is 0 Å². The summed E-state index contributed by atoms with van der Waals surface area (Å²) in [6.45, 7) is 1.71. The first-order valence-electron chi connectivity index (χ1n) is 6.77. The molecule has 0 heterocycles. The fourth-order valence-electron chi connectivity index (χ4n) is 1.70. The van der Waals surface area contributed by atoms with Crippen LogP contribution in [0, 0.1) is 17.5 Å². The number of rotatable bonds is 7. The molecule has 0 saturated heterocycles. The standard InChI is InChI=1S/C15H14F3NO5/c1-2-24-12(20)5-3-4-11(15(22)23)19-14(21)13-9(17)6-8(16)7-10(13)18/h3,5-7,11H,2,4H2,1H3,(H,19,21)(H,22,23)/b5-3+/t11-/m0/s1. The maximum atomic E-state index is 13.5. The summed E-state index contributed by atoms with van der Waals surface area (Å²) in [5.41, 5.74) is -1.10. The third-order valence-electron chi connectivity index (χ3n) is 2.75. The van der Waals surface area contributed by atoms with Crippen molar-refractivity contribution >= 4 is 17.8 Å². The van der Waals surface area contributed by atoms with Crippen LogP contribution in [0.25, 0.3) is 0 Å². The molecular weight excluding hydrogens is 331 g/mol. The minimum absolute atomic E-state index is 0.130. The maximum Gasteiger partial charge on any atom is 0.330 e. The van der Waals surface area contributed by atoms with E-state index in [9.17, 15) is 27.6 Å². The van der Waals surface area contributed by atoms with E-state index < -0.39 is 46.9 Å². The highest BCUT2D eigenvalue weighted by molar-refractivity contribution is 5.97. The Labute approximate surface area is 134 Å². The van der Waals surface area contributed by atoms with Crippen LogP contribution in [0.5, 0.6) is 0 Å². The highest BCUT2D eigenvalue weighted by Crippen LogP contribution is 2.15. The summed E-state index contributed by atoms with van der Waals surface area (Å²) >= 11 is 0. The SMILES string of the molecule is CCOC(=O)/C=C/C[C@H](NC(=O)c1c(F)cc(F)cc1F)C(=O)O. The number of benzene rings is 1. The first kappa shape index (κ1) is 19.2. The summed E-state index contributed by atoms with van der Waals surface area (Å²) in [6.07, 6.45) is 1.77. The number of hydrogen-bond donors (Lipinski definition) is 2. The second-order valence-corrected chi connectivity index (χ2v) is 4.50. The van der Waals surface area contributed by atoms with Crippen molar-refractivity contribution in [2.75, 3.05) is 6.61 Å². The van der Waals surface area contributed by atoms with Gasteiger partial charge in [-0.3, -0.25) is 4.79 Å². The largest absolute Gasteiger partial charge is 0.480 e. The Hall–Kier alpha value is -2.84. The second-order valence-electron chi connectivity index (χ2n) is 4.50. The molecule has 9 heteroatoms. The normalized spacial score (nSPS) is 12.0. The third-order valence-corrected chi connectivity index (χ3v) is 2.75. The van der Waals surface area contributed by atoms with Gasteiger partial charge in [-0.2, -0.15) is 0 Å². The van der Waals surface area contributed by atoms with Crippen LogP contribution in [-0.2, 0) is 14.3 Å². The van der Waals surface area contributed by atoms with E-state index >= 15 is 0 Å². The van der Waals surface area contributed by atoms with Gasteiger partial charge in [-0.05, 0) is 13.3 Å². The maximum absolute atomic E-state index is 13.5. The van der Waals surface area contributed by atoms with Crippen LogP contribution in [-0.4, -0.2) is 35.6 Å². The summed E-state index contributed by atoms with van der Waals surface area (Å²) in [7, 11) is 0. The van der Waals surface area contributed by atoms with E-state index in [0.717, 1.165) is 12.2 Å². The molecule has 0 unspecified atom stereocenters. The minimum Gasteiger partial charge on any atom is -0.480 e. The molecule has 2 N–H and O–H groups in total. The molecule has 0 aliphatic heterocycles. The van der Waals surface area contributed by atoms with Gasteiger partial charge >= 0.3 is 11.9 Å². The number of ether oxygens (including phenoxy) is 1. The number of carbonyl (C=O) groups is 3. The molecule has 0 fully saturated rings. The molecule has 1 rings (SSSR count). The summed E-state index contributed by atoms with van der Waals surface area (Å²) in [4.78, 5) is 34.0. The predicted molar refractivity (Wildman–Crippen MR) is 75.6 cm³/mol. The minimum atomic E-state index is -1.55. The van der Waals surface area contributed by atoms with Gasteiger partial charge in [0.05, 0.1) is 6.61 Å². The van der Waals surface area contributed by atoms with Gasteiger partial charge in [0.1, 0.15) is 29.1 Å². The molecule has 0 spiro atoms. The van der Waals surface area contributed by atoms with E-state index in [1.165, 1.54) is 0 Å². The molecule has 1 aromatic carbocycles. The fourth-order valence-corrected chi connectivity index (χ4v) is 1.70. The quantitative estimate of drug-likeness (QED) is 0.581. The number of aliphatic carboxylic acids is 1. The van der Waals surface area contributed by atoms with Crippen molar-refractivity contribution in [3.8, 4) is 0 Å². The second kappa shape index (κ2) is 8.70. The number of esters is 1. The van der Waals surface area contributed by atoms with E-state index in [4.69, 9.17) is 5.11 Å². The number of hydrogen-bond acceptors (Lipinski definition) is 4. The summed E-state index contributed by atoms with van der Waals surface area (Å²) in [6, 6.07) is -0.949. The number of carboxylic acid groups (broad SMARTS) is 1. The average molecular weight is 345 g/mol. The molecule has 0 aliphatic carbocycles. The van der Waals surface area contributed by atoms with Crippen LogP contribution in [0.15, 0.2) is 24.3 Å². The van der Waals surface area contributed by atoms with Gasteiger partial charge in [0.25, 0.3) is 5.91 Å². The van der Waals surface area contributed by atoms with Crippen molar-refractivity contribution in [1.82, 2.24) is 5.32 Å². The first-order chi connectivity index (χ1) is 11.3. The molecule has 0 radical (unpaired) electrons. The van der Waals surface area contributed by atoms with Crippen molar-refractivity contribution in [1.29, 1.82) is 0 Å². The molecule has 1 aromatic rings. The van der Waals surface area contributed by atoms with E-state index in [1.807, 2.05) is 5.32 Å². The Morgan fingerprint density at radius 3 is 2.33 bits per heavy atom. The molecule has 6 nitrogen and oxygen atoms in total. The van der Waals surface area contributed by atoms with Crippen LogP contribution in [0.2, 0.25) is 0 Å². The average Bonchev–Trinajstić information content (AvgIpc) is 2.45. The monoisotopic (exact) mass is 345 g/mol. The molecule has 0 aliphatic rings. The predicted octanol–water partition coefficient (Wildman–Crippen LogP) is 1.80. The molecular formula is C15H14F3NO5. The van der Waals surface area contributed by atoms with Crippen LogP contribution < -0.4 is 5.32 Å². The zero-order chi connectivity index (χ0) is 18.3. The van der Waals surface area contributed by atoms with Gasteiger partial charge in [-0.1, -0.05) is 6.08 Å². The Morgan fingerprint density at radius 1 is 1.25 bits per heavy atom. The van der Waals surface area contributed by atoms with E-state index in [0.29, 0.717) is 12.1 Å². The van der Waals surface area contributed by atoms with Gasteiger partial charge < -0.3 is 15.2 Å². The lowest BCUT2D eigenvalue weighted by Crippen LogP contribution is -2.41. The van der Waals surface area contributed by atoms with Crippen LogP contribution in [0.4, 0.5) is 13.2 Å². The van der Waals surface area contributed by atoms with Crippen LogP contribution >= 0.6 is 0 Å². The van der Waals surface area contributed by atoms with Crippen molar-refractivity contribution in [2.45, 2.75) is 19.4 Å². The Kier molecular flexibility index (Phi) is 6.97. The molecule has 0 saturated carbocycles. The highest BCUT2D eigenvalue weighted by atomic mass is 19.1. The van der Waals surface area contributed by atoms with Crippen molar-refractivity contribution in [2.24, 2.45) is 0 Å². The molecule has 0 bridgehead atoms. The zero-order valence-corrected chi connectivity index (χ0v) is 12.5. The third kappa shape index (κ3) is 5.41. The number of halogens is 3. The molecule has 24 heavy (non-hydrogen) atoms. The van der Waals surface area contributed by atoms with E-state index in [2.05, 4.69) is 4.74 Å². The lowest BCUT2D eigenvalue weighted by atomic mass is 10.1. The number of carbonyl (C=O) groups excluding carboxylic acids is 2. The van der Waals surface area contributed by atoms with Crippen LogP contribution in [0.1, 0.15) is 23.7 Å². The number of amides is 1. The first-order valence-corrected chi connectivity index (χ1v) is 6.77.